The highest BCUT2D eigenvalue weighted by Crippen LogP contribution is 2.45. The molecule has 17 aromatic rings. The molecule has 0 aliphatic heterocycles. The molecular formula is C78H50N4. The van der Waals surface area contributed by atoms with Crippen molar-refractivity contribution in [2.75, 3.05) is 0 Å². The Morgan fingerprint density at radius 2 is 0.439 bits per heavy atom. The quantitative estimate of drug-likeness (QED) is 0.145. The molecule has 13 aromatic carbocycles. The Labute approximate surface area is 473 Å². The summed E-state index contributed by atoms with van der Waals surface area (Å²) in [4.78, 5) is 0. The van der Waals surface area contributed by atoms with E-state index in [0.717, 1.165) is 22.7 Å². The standard InChI is InChI=1S/C78H50N4/c1-3-28-59(29-4-1)79-71-40-13-9-36-67(71)75-73(79)44-42-65-63-34-7-11-38-69(63)81(77(65)75)61-32-18-26-57(49-61)55-24-16-22-53(47-55)51-20-15-21-52(46-51)54-23-17-25-56(48-54)58-27-19-33-62(50-58)82-70-39-12-8-35-64(70)66-43-45-74-76(78(66)82)68-37-10-14-41-72(68)80(74)60-30-5-2-6-31-60/h1-50H. The minimum Gasteiger partial charge on any atom is -0.309 e. The molecule has 17 rings (SSSR count). The zero-order valence-electron chi connectivity index (χ0n) is 44.7. The molecule has 0 radical (unpaired) electrons. The Hall–Kier alpha value is -10.9. The first-order valence-electron chi connectivity index (χ1n) is 28.2. The summed E-state index contributed by atoms with van der Waals surface area (Å²) in [6.45, 7) is 0. The van der Waals surface area contributed by atoms with E-state index in [0.29, 0.717) is 0 Å². The smallest absolute Gasteiger partial charge is 0.0641 e. The molecule has 82 heavy (non-hydrogen) atoms. The largest absolute Gasteiger partial charge is 0.309 e. The Kier molecular flexibility index (Phi) is 10.3. The molecule has 0 spiro atoms. The van der Waals surface area contributed by atoms with Crippen LogP contribution in [0.5, 0.6) is 0 Å². The van der Waals surface area contributed by atoms with Gasteiger partial charge in [0.2, 0.25) is 0 Å². The van der Waals surface area contributed by atoms with E-state index in [9.17, 15) is 0 Å². The number of benzene rings is 13. The summed E-state index contributed by atoms with van der Waals surface area (Å²) in [6.07, 6.45) is 0. The van der Waals surface area contributed by atoms with Crippen LogP contribution in [0.3, 0.4) is 0 Å². The van der Waals surface area contributed by atoms with Crippen molar-refractivity contribution in [2.45, 2.75) is 0 Å². The van der Waals surface area contributed by atoms with E-state index in [-0.39, 0.29) is 0 Å². The summed E-state index contributed by atoms with van der Waals surface area (Å²) in [5, 5.41) is 9.97. The molecule has 0 amide bonds. The molecule has 0 saturated carbocycles. The first kappa shape index (κ1) is 46.0. The van der Waals surface area contributed by atoms with Crippen LogP contribution in [0.1, 0.15) is 0 Å². The van der Waals surface area contributed by atoms with Crippen molar-refractivity contribution >= 4 is 87.2 Å². The van der Waals surface area contributed by atoms with Gasteiger partial charge in [-0.15, -0.1) is 0 Å². The molecule has 0 N–H and O–H groups in total. The normalized spacial score (nSPS) is 11.9. The van der Waals surface area contributed by atoms with Gasteiger partial charge in [0.1, 0.15) is 0 Å². The molecule has 0 aliphatic carbocycles. The molecular weight excluding hydrogens is 993 g/mol. The van der Waals surface area contributed by atoms with Crippen molar-refractivity contribution in [1.29, 1.82) is 0 Å². The average molecular weight is 1040 g/mol. The molecule has 4 heteroatoms. The van der Waals surface area contributed by atoms with Gasteiger partial charge in [0.15, 0.2) is 0 Å². The molecule has 382 valence electrons. The predicted octanol–water partition coefficient (Wildman–Crippen LogP) is 20.7. The van der Waals surface area contributed by atoms with Gasteiger partial charge < -0.3 is 18.3 Å². The van der Waals surface area contributed by atoms with E-state index in [4.69, 9.17) is 0 Å². The van der Waals surface area contributed by atoms with Crippen molar-refractivity contribution < 1.29 is 0 Å². The highest BCUT2D eigenvalue weighted by atomic mass is 15.0. The van der Waals surface area contributed by atoms with Crippen molar-refractivity contribution in [1.82, 2.24) is 18.3 Å². The summed E-state index contributed by atoms with van der Waals surface area (Å²) in [5.74, 6) is 0. The summed E-state index contributed by atoms with van der Waals surface area (Å²) in [7, 11) is 0. The molecule has 4 aromatic heterocycles. The summed E-state index contributed by atoms with van der Waals surface area (Å²) in [5.41, 5.74) is 23.5. The fourth-order valence-electron chi connectivity index (χ4n) is 13.5. The fourth-order valence-corrected chi connectivity index (χ4v) is 13.5. The Morgan fingerprint density at radius 3 is 0.805 bits per heavy atom. The second-order valence-electron chi connectivity index (χ2n) is 21.6. The number of nitrogens with zero attached hydrogens (tertiary/aromatic N) is 4. The Morgan fingerprint density at radius 1 is 0.159 bits per heavy atom. The lowest BCUT2D eigenvalue weighted by Gasteiger charge is -2.13. The number of rotatable bonds is 8. The summed E-state index contributed by atoms with van der Waals surface area (Å²) in [6, 6.07) is 111. The lowest BCUT2D eigenvalue weighted by molar-refractivity contribution is 1.17. The van der Waals surface area contributed by atoms with E-state index >= 15 is 0 Å². The Bertz CT molecular complexity index is 5060. The second-order valence-corrected chi connectivity index (χ2v) is 21.6. The van der Waals surface area contributed by atoms with Gasteiger partial charge in [-0.25, -0.2) is 0 Å². The topological polar surface area (TPSA) is 19.7 Å². The first-order chi connectivity index (χ1) is 40.7. The third kappa shape index (κ3) is 7.05. The van der Waals surface area contributed by atoms with Crippen LogP contribution in [-0.2, 0) is 0 Å². The second kappa shape index (κ2) is 18.3. The van der Waals surface area contributed by atoms with Gasteiger partial charge in [-0.05, 0) is 148 Å². The van der Waals surface area contributed by atoms with E-state index in [1.165, 1.54) is 132 Å². The van der Waals surface area contributed by atoms with Gasteiger partial charge in [0, 0.05) is 65.8 Å². The maximum Gasteiger partial charge on any atom is 0.0641 e. The molecule has 0 atom stereocenters. The fraction of sp³-hybridized carbons (Fsp3) is 0. The van der Waals surface area contributed by atoms with E-state index in [1.807, 2.05) is 0 Å². The lowest BCUT2D eigenvalue weighted by atomic mass is 9.94. The predicted molar refractivity (Wildman–Crippen MR) is 346 cm³/mol. The van der Waals surface area contributed by atoms with Crippen LogP contribution >= 0.6 is 0 Å². The van der Waals surface area contributed by atoms with Crippen LogP contribution in [0, 0.1) is 0 Å². The van der Waals surface area contributed by atoms with Crippen LogP contribution in [0.2, 0.25) is 0 Å². The van der Waals surface area contributed by atoms with Crippen molar-refractivity contribution in [3.63, 3.8) is 0 Å². The van der Waals surface area contributed by atoms with E-state index < -0.39 is 0 Å². The first-order valence-corrected chi connectivity index (χ1v) is 28.2. The molecule has 0 saturated heterocycles. The highest BCUT2D eigenvalue weighted by molar-refractivity contribution is 6.27. The van der Waals surface area contributed by atoms with Crippen molar-refractivity contribution in [3.8, 4) is 67.3 Å². The van der Waals surface area contributed by atoms with Crippen molar-refractivity contribution in [3.05, 3.63) is 303 Å². The minimum absolute atomic E-state index is 1.13. The van der Waals surface area contributed by atoms with E-state index in [1.54, 1.807) is 0 Å². The minimum atomic E-state index is 1.13. The van der Waals surface area contributed by atoms with Gasteiger partial charge >= 0.3 is 0 Å². The zero-order chi connectivity index (χ0) is 53.8. The monoisotopic (exact) mass is 1040 g/mol. The number of para-hydroxylation sites is 6. The van der Waals surface area contributed by atoms with Crippen LogP contribution < -0.4 is 0 Å². The van der Waals surface area contributed by atoms with Crippen LogP contribution in [0.15, 0.2) is 303 Å². The van der Waals surface area contributed by atoms with Gasteiger partial charge in [-0.3, -0.25) is 0 Å². The van der Waals surface area contributed by atoms with Crippen LogP contribution in [0.25, 0.3) is 154 Å². The maximum atomic E-state index is 2.49. The third-order valence-electron chi connectivity index (χ3n) is 17.1. The molecule has 0 fully saturated rings. The maximum absolute atomic E-state index is 2.49. The van der Waals surface area contributed by atoms with Crippen LogP contribution in [0.4, 0.5) is 0 Å². The summed E-state index contributed by atoms with van der Waals surface area (Å²) >= 11 is 0. The van der Waals surface area contributed by atoms with Gasteiger partial charge in [-0.2, -0.15) is 0 Å². The molecule has 0 unspecified atom stereocenters. The highest BCUT2D eigenvalue weighted by Gasteiger charge is 2.23. The molecule has 0 aliphatic rings. The Balaban J connectivity index is 0.738. The molecule has 0 bridgehead atoms. The molecule has 4 heterocycles. The number of fused-ring (bicyclic) bond motifs is 14. The SMILES string of the molecule is c1ccc(-n2c3ccccc3c3c2ccc2c4ccccc4n(-c4cccc(-c5cccc(-c6cccc(-c7cccc(-c8cccc(-n9c%10ccccc%10c%10ccc%11c(c%12ccccc%12n%11-c%11ccccc%11)c%109)c8)c7)c6)c5)c4)c23)cc1. The van der Waals surface area contributed by atoms with Gasteiger partial charge in [0.25, 0.3) is 0 Å². The van der Waals surface area contributed by atoms with Gasteiger partial charge in [-0.1, -0.05) is 200 Å². The zero-order valence-corrected chi connectivity index (χ0v) is 44.7. The average Bonchev–Trinajstić information content (AvgIpc) is 2.94. The third-order valence-corrected chi connectivity index (χ3v) is 17.1. The number of hydrogen-bond donors (Lipinski definition) is 0. The van der Waals surface area contributed by atoms with Crippen molar-refractivity contribution in [2.24, 2.45) is 0 Å². The number of hydrogen-bond acceptors (Lipinski definition) is 0. The van der Waals surface area contributed by atoms with Gasteiger partial charge in [0.05, 0.1) is 44.1 Å². The lowest BCUT2D eigenvalue weighted by Crippen LogP contribution is -1.96. The van der Waals surface area contributed by atoms with E-state index in [2.05, 4.69) is 322 Å². The van der Waals surface area contributed by atoms with Crippen LogP contribution in [-0.4, -0.2) is 18.3 Å². The summed E-state index contributed by atoms with van der Waals surface area (Å²) < 4.78 is 9.81. The number of aromatic nitrogens is 4. The molecule has 4 nitrogen and oxygen atoms in total.